The fourth-order valence-corrected chi connectivity index (χ4v) is 8.74. The molecule has 2 saturated carbocycles. The molecule has 2 aliphatic heterocycles. The summed E-state index contributed by atoms with van der Waals surface area (Å²) in [5.41, 5.74) is 8.44. The molecule has 0 saturated heterocycles. The van der Waals surface area contributed by atoms with Crippen LogP contribution < -0.4 is 30.0 Å². The van der Waals surface area contributed by atoms with Crippen LogP contribution in [0.2, 0.25) is 0 Å². The van der Waals surface area contributed by atoms with Crippen LogP contribution in [-0.2, 0) is 12.8 Å². The zero-order chi connectivity index (χ0) is 48.2. The van der Waals surface area contributed by atoms with Crippen molar-refractivity contribution in [3.63, 3.8) is 0 Å². The molecule has 0 aromatic heterocycles. The van der Waals surface area contributed by atoms with Gasteiger partial charge in [-0.15, -0.1) is 0 Å². The number of carbonyl (C=O) groups is 4. The normalized spacial score (nSPS) is 16.0. The summed E-state index contributed by atoms with van der Waals surface area (Å²) >= 11 is 0. The summed E-state index contributed by atoms with van der Waals surface area (Å²) in [5, 5.41) is 19.9. The lowest BCUT2D eigenvalue weighted by Crippen LogP contribution is -2.52. The number of carboxylic acids is 1. The lowest BCUT2D eigenvalue weighted by Gasteiger charge is -2.30. The van der Waals surface area contributed by atoms with Crippen LogP contribution in [0.3, 0.4) is 0 Å². The van der Waals surface area contributed by atoms with E-state index in [-0.39, 0.29) is 17.5 Å². The highest BCUT2D eigenvalue weighted by molar-refractivity contribution is 6.08. The van der Waals surface area contributed by atoms with Crippen molar-refractivity contribution in [3.8, 4) is 23.0 Å². The van der Waals surface area contributed by atoms with Crippen LogP contribution in [0.25, 0.3) is 0 Å². The van der Waals surface area contributed by atoms with Gasteiger partial charge in [-0.3, -0.25) is 14.4 Å². The standard InChI is InChI=1S/C23H25NO4.C12H15NO.C11H12O4.C7H17N3/c1-2-17-18(10-11-19-20(17)28-15-14-27-19)22(26)24-23(12-6-7-13-23)21(25)16-8-4-3-5-9-16;13-12(8-4-5-9-12)11(14)10-6-2-1-3-7-10;1-2-7-8(11(12)13)3-4-9-10(7)15-6-5-14-9;1-4-8-9-6-5-7-10(2)3/h3-5,8-11H,2,6-7,12-15H2,1H3,(H,24,26);1-3,6-7H,4-5,8-9,13H2;3-4H,2,5-6H2,1H3,(H,12,13);4-7H2,1-3H3. The number of Topliss-reactive ketones (excluding diaryl/α,β-unsaturated/α-hetero) is 2. The lowest BCUT2D eigenvalue weighted by atomic mass is 9.87. The molecule has 0 radical (unpaired) electrons. The van der Waals surface area contributed by atoms with Crippen LogP contribution in [-0.4, -0.2) is 105 Å². The molecule has 4 aromatic carbocycles. The Kier molecular flexibility index (Phi) is 19.9. The number of hydrogen-bond donors (Lipinski definition) is 3. The Morgan fingerprint density at radius 3 is 1.61 bits per heavy atom. The predicted molar refractivity (Wildman–Crippen MR) is 260 cm³/mol. The summed E-state index contributed by atoms with van der Waals surface area (Å²) < 4.78 is 22.2. The number of ether oxygens (including phenoxy) is 4. The van der Waals surface area contributed by atoms with Gasteiger partial charge in [-0.1, -0.05) is 100 Å². The lowest BCUT2D eigenvalue weighted by molar-refractivity contribution is 0.0693. The van der Waals surface area contributed by atoms with E-state index in [1.807, 2.05) is 81.4 Å². The Morgan fingerprint density at radius 2 is 1.12 bits per heavy atom. The van der Waals surface area contributed by atoms with Crippen LogP contribution in [0.15, 0.2) is 95.2 Å². The number of nitrogens with one attached hydrogen (secondary N) is 1. The fraction of sp³-hybridized carbons (Fsp3) is 0.472. The number of nitrogens with zero attached hydrogens (tertiary/aromatic N) is 3. The van der Waals surface area contributed by atoms with E-state index in [4.69, 9.17) is 29.8 Å². The second kappa shape index (κ2) is 25.7. The van der Waals surface area contributed by atoms with E-state index in [1.54, 1.807) is 24.3 Å². The van der Waals surface area contributed by atoms with Gasteiger partial charge in [-0.2, -0.15) is 10.2 Å². The maximum absolute atomic E-state index is 13.3. The number of carbonyl (C=O) groups excluding carboxylic acids is 3. The highest BCUT2D eigenvalue weighted by Gasteiger charge is 2.43. The second-order valence-electron chi connectivity index (χ2n) is 17.2. The smallest absolute Gasteiger partial charge is 0.336 e. The molecule has 67 heavy (non-hydrogen) atoms. The summed E-state index contributed by atoms with van der Waals surface area (Å²) in [6, 6.07) is 25.4. The van der Waals surface area contributed by atoms with E-state index in [0.29, 0.717) is 97.4 Å². The molecule has 2 heterocycles. The molecule has 8 rings (SSSR count). The number of rotatable bonds is 14. The highest BCUT2D eigenvalue weighted by atomic mass is 16.6. The SMILES string of the molecule is CCN=NCCCN(C)C.CCc1c(C(=O)NC2(C(=O)c3ccccc3)CCCC2)ccc2c1OCCO2.CCc1c(C(=O)O)ccc2c1OCCO2.NC1(C(=O)c2ccccc2)CCCC1. The van der Waals surface area contributed by atoms with Crippen molar-refractivity contribution >= 4 is 23.4 Å². The van der Waals surface area contributed by atoms with Crippen molar-refractivity contribution in [3.05, 3.63) is 118 Å². The van der Waals surface area contributed by atoms with E-state index in [1.165, 1.54) is 0 Å². The van der Waals surface area contributed by atoms with E-state index < -0.39 is 17.0 Å². The van der Waals surface area contributed by atoms with Crippen molar-refractivity contribution in [2.24, 2.45) is 16.0 Å². The van der Waals surface area contributed by atoms with Crippen molar-refractivity contribution in [1.82, 2.24) is 10.2 Å². The van der Waals surface area contributed by atoms with Crippen LogP contribution in [0.4, 0.5) is 0 Å². The summed E-state index contributed by atoms with van der Waals surface area (Å²) in [6.45, 7) is 10.6. The number of benzene rings is 4. The number of carboxylic acid groups (broad SMARTS) is 1. The molecule has 0 spiro atoms. The molecule has 0 atom stereocenters. The third-order valence-corrected chi connectivity index (χ3v) is 12.2. The number of nitrogens with two attached hydrogens (primary N) is 1. The molecule has 1 amide bonds. The zero-order valence-electron chi connectivity index (χ0n) is 39.9. The van der Waals surface area contributed by atoms with Crippen molar-refractivity contribution in [2.75, 3.05) is 60.2 Å². The number of hydrogen-bond acceptors (Lipinski definition) is 12. The third kappa shape index (κ3) is 14.0. The number of aromatic carboxylic acids is 1. The summed E-state index contributed by atoms with van der Waals surface area (Å²) in [6.07, 6.45) is 9.39. The van der Waals surface area contributed by atoms with Crippen molar-refractivity contribution in [1.29, 1.82) is 0 Å². The molecular formula is C53H69N5O9. The first-order valence-corrected chi connectivity index (χ1v) is 23.7. The van der Waals surface area contributed by atoms with Gasteiger partial charge < -0.3 is 40.0 Å². The van der Waals surface area contributed by atoms with Crippen LogP contribution in [0.5, 0.6) is 23.0 Å². The van der Waals surface area contributed by atoms with Gasteiger partial charge in [0.2, 0.25) is 0 Å². The molecule has 2 aliphatic carbocycles. The van der Waals surface area contributed by atoms with Crippen molar-refractivity contribution in [2.45, 2.75) is 102 Å². The zero-order valence-corrected chi connectivity index (χ0v) is 39.9. The number of azo groups is 1. The van der Waals surface area contributed by atoms with Crippen molar-refractivity contribution < 1.29 is 43.2 Å². The van der Waals surface area contributed by atoms with E-state index in [2.05, 4.69) is 34.5 Å². The maximum Gasteiger partial charge on any atom is 0.336 e. The van der Waals surface area contributed by atoms with Crippen LogP contribution in [0, 0.1) is 0 Å². The minimum Gasteiger partial charge on any atom is -0.486 e. The average molecular weight is 920 g/mol. The Balaban J connectivity index is 0.000000183. The van der Waals surface area contributed by atoms with E-state index in [0.717, 1.165) is 75.7 Å². The summed E-state index contributed by atoms with van der Waals surface area (Å²) in [4.78, 5) is 51.7. The van der Waals surface area contributed by atoms with Crippen LogP contribution in [0.1, 0.15) is 131 Å². The number of ketones is 2. The van der Waals surface area contributed by atoms with Gasteiger partial charge >= 0.3 is 5.97 Å². The van der Waals surface area contributed by atoms with Gasteiger partial charge in [-0.25, -0.2) is 4.79 Å². The molecule has 360 valence electrons. The predicted octanol–water partition coefficient (Wildman–Crippen LogP) is 9.22. The topological polar surface area (TPSA) is 191 Å². The first kappa shape index (κ1) is 51.9. The quantitative estimate of drug-likeness (QED) is 0.0621. The highest BCUT2D eigenvalue weighted by Crippen LogP contribution is 2.39. The molecule has 0 bridgehead atoms. The second-order valence-corrected chi connectivity index (χ2v) is 17.2. The Labute approximate surface area is 395 Å². The maximum atomic E-state index is 13.3. The monoisotopic (exact) mass is 920 g/mol. The van der Waals surface area contributed by atoms with Crippen LogP contribution >= 0.6 is 0 Å². The minimum atomic E-state index is -0.927. The number of amides is 1. The first-order valence-electron chi connectivity index (χ1n) is 23.7. The molecule has 4 aromatic rings. The molecular weight excluding hydrogens is 851 g/mol. The Morgan fingerprint density at radius 1 is 0.642 bits per heavy atom. The first-order chi connectivity index (χ1) is 32.4. The average Bonchev–Trinajstić information content (AvgIpc) is 4.04. The van der Waals surface area contributed by atoms with Gasteiger partial charge in [-0.05, 0) is 96.8 Å². The largest absolute Gasteiger partial charge is 0.486 e. The summed E-state index contributed by atoms with van der Waals surface area (Å²) in [5.74, 6) is 1.51. The molecule has 0 unspecified atom stereocenters. The molecule has 14 nitrogen and oxygen atoms in total. The Hall–Kier alpha value is -6.12. The van der Waals surface area contributed by atoms with Gasteiger partial charge in [0, 0.05) is 27.8 Å². The van der Waals surface area contributed by atoms with Gasteiger partial charge in [0.1, 0.15) is 32.0 Å². The number of fused-ring (bicyclic) bond motifs is 2. The Bertz CT molecular complexity index is 2270. The third-order valence-electron chi connectivity index (χ3n) is 12.2. The molecule has 2 fully saturated rings. The minimum absolute atomic E-state index is 0.00505. The van der Waals surface area contributed by atoms with Gasteiger partial charge in [0.05, 0.1) is 24.2 Å². The molecule has 4 N–H and O–H groups in total. The molecule has 14 heteroatoms. The molecule has 4 aliphatic rings. The van der Waals surface area contributed by atoms with E-state index in [9.17, 15) is 19.2 Å². The van der Waals surface area contributed by atoms with Gasteiger partial charge in [0.15, 0.2) is 34.6 Å². The van der Waals surface area contributed by atoms with E-state index >= 15 is 0 Å². The summed E-state index contributed by atoms with van der Waals surface area (Å²) in [7, 11) is 4.13. The van der Waals surface area contributed by atoms with Gasteiger partial charge in [0.25, 0.3) is 5.91 Å². The fourth-order valence-electron chi connectivity index (χ4n) is 8.74.